The van der Waals surface area contributed by atoms with Crippen molar-refractivity contribution < 1.29 is 23.8 Å². The molecule has 122 valence electrons. The van der Waals surface area contributed by atoms with E-state index in [1.54, 1.807) is 48.5 Å². The molecule has 2 aromatic carbocycles. The van der Waals surface area contributed by atoms with Crippen LogP contribution in [0.5, 0.6) is 11.5 Å². The highest BCUT2D eigenvalue weighted by molar-refractivity contribution is 7.54. The normalized spacial score (nSPS) is 11.0. The molecule has 0 unspecified atom stereocenters. The van der Waals surface area contributed by atoms with Crippen molar-refractivity contribution in [3.63, 3.8) is 0 Å². The Kier molecular flexibility index (Phi) is 5.99. The topological polar surface area (TPSA) is 76.0 Å². The van der Waals surface area contributed by atoms with Crippen LogP contribution in [0, 0.1) is 0 Å². The molecule has 2 rings (SSSR count). The number of benzene rings is 2. The van der Waals surface area contributed by atoms with Crippen LogP contribution in [0.15, 0.2) is 61.2 Å². The van der Waals surface area contributed by atoms with E-state index in [0.717, 1.165) is 11.1 Å². The van der Waals surface area contributed by atoms with Crippen molar-refractivity contribution in [2.45, 2.75) is 13.2 Å². The Morgan fingerprint density at radius 3 is 1.57 bits per heavy atom. The first-order valence-corrected chi connectivity index (χ1v) is 8.80. The van der Waals surface area contributed by atoms with Gasteiger partial charge in [-0.25, -0.2) is 4.57 Å². The summed E-state index contributed by atoms with van der Waals surface area (Å²) in [7, 11) is -3.45. The molecule has 0 atom stereocenters. The molecule has 0 aromatic heterocycles. The second-order valence-corrected chi connectivity index (χ2v) is 6.82. The van der Waals surface area contributed by atoms with Gasteiger partial charge in [0.2, 0.25) is 0 Å². The molecular formula is C17H19O5P. The molecule has 2 N–H and O–H groups in total. The average molecular weight is 334 g/mol. The van der Waals surface area contributed by atoms with Gasteiger partial charge in [0, 0.05) is 0 Å². The molecule has 0 amide bonds. The second-order valence-electron chi connectivity index (χ2n) is 4.87. The average Bonchev–Trinajstić information content (AvgIpc) is 2.56. The monoisotopic (exact) mass is 334 g/mol. The van der Waals surface area contributed by atoms with Crippen LogP contribution in [-0.2, 0) is 17.8 Å². The molecule has 0 aliphatic carbocycles. The summed E-state index contributed by atoms with van der Waals surface area (Å²) in [5.41, 5.74) is 1.47. The van der Waals surface area contributed by atoms with E-state index in [4.69, 9.17) is 19.3 Å². The first-order valence-electron chi connectivity index (χ1n) is 7.07. The van der Waals surface area contributed by atoms with Gasteiger partial charge in [0.1, 0.15) is 11.5 Å². The van der Waals surface area contributed by atoms with Crippen molar-refractivity contribution >= 4 is 7.60 Å². The molecular weight excluding hydrogens is 315 g/mol. The van der Waals surface area contributed by atoms with Crippen LogP contribution in [0.3, 0.4) is 0 Å². The van der Waals surface area contributed by atoms with Gasteiger partial charge in [0.25, 0.3) is 0 Å². The minimum absolute atomic E-state index is 0.0521. The Hall–Kier alpha value is -2.07. The zero-order chi connectivity index (χ0) is 16.7. The highest BCUT2D eigenvalue weighted by atomic mass is 31.2. The first kappa shape index (κ1) is 17.3. The van der Waals surface area contributed by atoms with E-state index in [9.17, 15) is 4.57 Å². The van der Waals surface area contributed by atoms with Crippen LogP contribution >= 0.6 is 7.60 Å². The maximum Gasteiger partial charge on any atom is 0.434 e. The minimum Gasteiger partial charge on any atom is -0.416 e. The van der Waals surface area contributed by atoms with Crippen LogP contribution in [-0.4, -0.2) is 16.4 Å². The molecule has 0 saturated carbocycles. The largest absolute Gasteiger partial charge is 0.434 e. The second kappa shape index (κ2) is 7.97. The van der Waals surface area contributed by atoms with E-state index in [1.807, 2.05) is 0 Å². The fourth-order valence-electron chi connectivity index (χ4n) is 1.88. The van der Waals surface area contributed by atoms with Gasteiger partial charge >= 0.3 is 7.60 Å². The molecule has 0 heterocycles. The third-order valence-corrected chi connectivity index (χ3v) is 4.74. The lowest BCUT2D eigenvalue weighted by Gasteiger charge is -2.19. The van der Waals surface area contributed by atoms with Crippen molar-refractivity contribution in [1.29, 1.82) is 0 Å². The third kappa shape index (κ3) is 4.96. The number of hydrogen-bond acceptors (Lipinski definition) is 5. The van der Waals surface area contributed by atoms with Gasteiger partial charge in [-0.15, -0.1) is 6.58 Å². The summed E-state index contributed by atoms with van der Waals surface area (Å²) in [6.07, 6.45) is 1.53. The summed E-state index contributed by atoms with van der Waals surface area (Å²) < 4.78 is 23.9. The maximum absolute atomic E-state index is 12.8. The van der Waals surface area contributed by atoms with E-state index in [-0.39, 0.29) is 19.4 Å². The smallest absolute Gasteiger partial charge is 0.416 e. The van der Waals surface area contributed by atoms with Crippen molar-refractivity contribution in [2.24, 2.45) is 0 Å². The first-order chi connectivity index (χ1) is 11.1. The van der Waals surface area contributed by atoms with E-state index < -0.39 is 7.60 Å². The zero-order valence-electron chi connectivity index (χ0n) is 12.6. The summed E-state index contributed by atoms with van der Waals surface area (Å²) in [6, 6.07) is 13.2. The molecule has 6 heteroatoms. The van der Waals surface area contributed by atoms with Crippen molar-refractivity contribution in [1.82, 2.24) is 0 Å². The van der Waals surface area contributed by atoms with Crippen LogP contribution in [0.2, 0.25) is 0 Å². The van der Waals surface area contributed by atoms with Crippen molar-refractivity contribution in [3.8, 4) is 11.5 Å². The molecule has 0 saturated heterocycles. The van der Waals surface area contributed by atoms with Gasteiger partial charge in [-0.1, -0.05) is 30.3 Å². The summed E-state index contributed by atoms with van der Waals surface area (Å²) in [5, 5.41) is 18.1. The van der Waals surface area contributed by atoms with E-state index in [1.165, 1.54) is 6.08 Å². The quantitative estimate of drug-likeness (QED) is 0.571. The highest BCUT2D eigenvalue weighted by Crippen LogP contribution is 2.48. The SMILES string of the molecule is C=CCP(=O)(Oc1ccc(CO)cc1)Oc1ccc(CO)cc1. The van der Waals surface area contributed by atoms with Crippen LogP contribution in [0.1, 0.15) is 11.1 Å². The zero-order valence-corrected chi connectivity index (χ0v) is 13.5. The molecule has 23 heavy (non-hydrogen) atoms. The summed E-state index contributed by atoms with van der Waals surface area (Å²) >= 11 is 0. The lowest BCUT2D eigenvalue weighted by atomic mass is 10.2. The maximum atomic E-state index is 12.8. The molecule has 0 aliphatic heterocycles. The van der Waals surface area contributed by atoms with E-state index in [2.05, 4.69) is 6.58 Å². The Bertz CT molecular complexity index is 626. The predicted molar refractivity (Wildman–Crippen MR) is 88.7 cm³/mol. The highest BCUT2D eigenvalue weighted by Gasteiger charge is 2.26. The Balaban J connectivity index is 2.16. The van der Waals surface area contributed by atoms with Crippen LogP contribution < -0.4 is 9.05 Å². The molecule has 0 bridgehead atoms. The van der Waals surface area contributed by atoms with Crippen LogP contribution in [0.4, 0.5) is 0 Å². The predicted octanol–water partition coefficient (Wildman–Crippen LogP) is 3.51. The Morgan fingerprint density at radius 1 is 0.870 bits per heavy atom. The molecule has 0 radical (unpaired) electrons. The van der Waals surface area contributed by atoms with Gasteiger partial charge < -0.3 is 19.3 Å². The minimum atomic E-state index is -3.45. The Morgan fingerprint density at radius 2 is 1.26 bits per heavy atom. The number of aliphatic hydroxyl groups excluding tert-OH is 2. The summed E-state index contributed by atoms with van der Waals surface area (Å²) in [5.74, 6) is 0.777. The van der Waals surface area contributed by atoms with Crippen molar-refractivity contribution in [2.75, 3.05) is 6.16 Å². The molecule has 5 nitrogen and oxygen atoms in total. The van der Waals surface area contributed by atoms with Gasteiger partial charge in [0.15, 0.2) is 0 Å². The molecule has 0 spiro atoms. The number of hydrogen-bond donors (Lipinski definition) is 2. The molecule has 2 aromatic rings. The van der Waals surface area contributed by atoms with E-state index >= 15 is 0 Å². The van der Waals surface area contributed by atoms with Gasteiger partial charge in [0.05, 0.1) is 19.4 Å². The summed E-state index contributed by atoms with van der Waals surface area (Å²) in [4.78, 5) is 0. The number of aliphatic hydroxyl groups is 2. The Labute approximate surface area is 135 Å². The standard InChI is InChI=1S/C17H19O5P/c1-2-11-23(20,21-16-7-3-14(12-18)4-8-16)22-17-9-5-15(13-19)6-10-17/h2-10,18-19H,1,11-13H2. The lowest BCUT2D eigenvalue weighted by Crippen LogP contribution is -2.04. The fraction of sp³-hybridized carbons (Fsp3) is 0.176. The lowest BCUT2D eigenvalue weighted by molar-refractivity contribution is 0.281. The van der Waals surface area contributed by atoms with Gasteiger partial charge in [-0.3, -0.25) is 0 Å². The number of rotatable bonds is 8. The number of allylic oxidation sites excluding steroid dienone is 1. The van der Waals surface area contributed by atoms with E-state index in [0.29, 0.717) is 11.5 Å². The molecule has 0 fully saturated rings. The van der Waals surface area contributed by atoms with Crippen LogP contribution in [0.25, 0.3) is 0 Å². The molecule has 0 aliphatic rings. The summed E-state index contributed by atoms with van der Waals surface area (Å²) in [6.45, 7) is 3.44. The van der Waals surface area contributed by atoms with Crippen molar-refractivity contribution in [3.05, 3.63) is 72.3 Å². The fourth-order valence-corrected chi connectivity index (χ4v) is 3.27. The third-order valence-electron chi connectivity index (χ3n) is 3.05. The van der Waals surface area contributed by atoms with Gasteiger partial charge in [-0.05, 0) is 35.4 Å². The van der Waals surface area contributed by atoms with Gasteiger partial charge in [-0.2, -0.15) is 0 Å².